The largest absolute Gasteiger partial charge is 0.326 e. The van der Waals surface area contributed by atoms with Gasteiger partial charge in [0.1, 0.15) is 0 Å². The van der Waals surface area contributed by atoms with E-state index in [2.05, 4.69) is 39.8 Å². The molecule has 1 heterocycles. The van der Waals surface area contributed by atoms with E-state index in [0.717, 1.165) is 0 Å². The van der Waals surface area contributed by atoms with Crippen LogP contribution in [0.1, 0.15) is 20.8 Å². The lowest BCUT2D eigenvalue weighted by Gasteiger charge is -2.44. The molecule has 0 N–H and O–H groups in total. The second-order valence-electron chi connectivity index (χ2n) is 5.54. The summed E-state index contributed by atoms with van der Waals surface area (Å²) in [4.78, 5) is 2.58. The molecule has 1 aliphatic heterocycles. The van der Waals surface area contributed by atoms with Gasteiger partial charge in [-0.05, 0) is 20.8 Å². The summed E-state index contributed by atoms with van der Waals surface area (Å²) < 4.78 is 1.19. The van der Waals surface area contributed by atoms with Crippen molar-refractivity contribution in [2.45, 2.75) is 26.3 Å². The van der Waals surface area contributed by atoms with Gasteiger partial charge in [-0.25, -0.2) is 0 Å². The maximum Gasteiger partial charge on any atom is 0.0912 e. The van der Waals surface area contributed by atoms with Crippen molar-refractivity contribution in [1.29, 1.82) is 0 Å². The SMILES string of the molecule is CC(C)(C)N1CC[N+](C)(C)CC1. The van der Waals surface area contributed by atoms with Crippen LogP contribution in [0.5, 0.6) is 0 Å². The number of quaternary nitrogens is 1. The van der Waals surface area contributed by atoms with Gasteiger partial charge in [0.25, 0.3) is 0 Å². The molecule has 0 aromatic rings. The van der Waals surface area contributed by atoms with Gasteiger partial charge in [-0.3, -0.25) is 4.90 Å². The molecule has 1 saturated heterocycles. The molecule has 2 heteroatoms. The second-order valence-corrected chi connectivity index (χ2v) is 5.54. The highest BCUT2D eigenvalue weighted by molar-refractivity contribution is 4.77. The summed E-state index contributed by atoms with van der Waals surface area (Å²) in [7, 11) is 4.64. The molecule has 0 amide bonds. The van der Waals surface area contributed by atoms with Crippen molar-refractivity contribution in [3.8, 4) is 0 Å². The first-order valence-corrected chi connectivity index (χ1v) is 4.88. The van der Waals surface area contributed by atoms with Crippen LogP contribution in [0.4, 0.5) is 0 Å². The molecule has 0 aromatic heterocycles. The smallest absolute Gasteiger partial charge is 0.0912 e. The quantitative estimate of drug-likeness (QED) is 0.495. The number of likely N-dealkylation sites (N-methyl/N-ethyl adjacent to an activating group) is 1. The number of hydrogen-bond acceptors (Lipinski definition) is 1. The lowest BCUT2D eigenvalue weighted by Crippen LogP contribution is -2.59. The number of nitrogens with zero attached hydrogens (tertiary/aromatic N) is 2. The van der Waals surface area contributed by atoms with Crippen molar-refractivity contribution >= 4 is 0 Å². The van der Waals surface area contributed by atoms with E-state index >= 15 is 0 Å². The topological polar surface area (TPSA) is 3.24 Å². The van der Waals surface area contributed by atoms with Crippen molar-refractivity contribution in [3.63, 3.8) is 0 Å². The predicted octanol–water partition coefficient (Wildman–Crippen LogP) is 1.18. The van der Waals surface area contributed by atoms with Crippen molar-refractivity contribution in [1.82, 2.24) is 4.90 Å². The summed E-state index contributed by atoms with van der Waals surface area (Å²) in [6, 6.07) is 0. The molecule has 0 aliphatic carbocycles. The van der Waals surface area contributed by atoms with E-state index in [-0.39, 0.29) is 0 Å². The fourth-order valence-corrected chi connectivity index (χ4v) is 1.68. The zero-order valence-electron chi connectivity index (χ0n) is 9.22. The van der Waals surface area contributed by atoms with Crippen LogP contribution in [-0.2, 0) is 0 Å². The maximum atomic E-state index is 2.58. The molecule has 0 atom stereocenters. The second kappa shape index (κ2) is 3.00. The predicted molar refractivity (Wildman–Crippen MR) is 53.2 cm³/mol. The highest BCUT2D eigenvalue weighted by Crippen LogP contribution is 2.17. The third-order valence-electron chi connectivity index (χ3n) is 2.90. The molecular formula is C10H23N2+. The molecule has 0 unspecified atom stereocenters. The molecule has 2 nitrogen and oxygen atoms in total. The third kappa shape index (κ3) is 2.46. The number of hydrogen-bond donors (Lipinski definition) is 0. The van der Waals surface area contributed by atoms with E-state index in [9.17, 15) is 0 Å². The van der Waals surface area contributed by atoms with Gasteiger partial charge in [-0.1, -0.05) is 0 Å². The van der Waals surface area contributed by atoms with Gasteiger partial charge in [-0.2, -0.15) is 0 Å². The van der Waals surface area contributed by atoms with E-state index in [1.54, 1.807) is 0 Å². The molecule has 1 rings (SSSR count). The average Bonchev–Trinajstić information content (AvgIpc) is 1.83. The van der Waals surface area contributed by atoms with Crippen LogP contribution in [0.3, 0.4) is 0 Å². The zero-order chi connectivity index (χ0) is 9.41. The summed E-state index contributed by atoms with van der Waals surface area (Å²) in [6.07, 6.45) is 0. The molecule has 0 bridgehead atoms. The Morgan fingerprint density at radius 1 is 1.00 bits per heavy atom. The highest BCUT2D eigenvalue weighted by Gasteiger charge is 2.30. The minimum absolute atomic E-state index is 0.362. The first-order chi connectivity index (χ1) is 5.31. The minimum Gasteiger partial charge on any atom is -0.326 e. The van der Waals surface area contributed by atoms with Crippen LogP contribution in [0.15, 0.2) is 0 Å². The lowest BCUT2D eigenvalue weighted by molar-refractivity contribution is -0.895. The summed E-state index contributed by atoms with van der Waals surface area (Å²) in [5.74, 6) is 0. The maximum absolute atomic E-state index is 2.58. The molecule has 0 spiro atoms. The Bertz CT molecular complexity index is 146. The van der Waals surface area contributed by atoms with Gasteiger partial charge in [0.2, 0.25) is 0 Å². The Hall–Kier alpha value is -0.0800. The van der Waals surface area contributed by atoms with Crippen LogP contribution >= 0.6 is 0 Å². The summed E-state index contributed by atoms with van der Waals surface area (Å²) >= 11 is 0. The number of piperazine rings is 1. The number of rotatable bonds is 0. The fourth-order valence-electron chi connectivity index (χ4n) is 1.68. The third-order valence-corrected chi connectivity index (χ3v) is 2.90. The Balaban J connectivity index is 2.47. The van der Waals surface area contributed by atoms with Crippen LogP contribution in [0.2, 0.25) is 0 Å². The molecule has 0 aromatic carbocycles. The molecule has 72 valence electrons. The first kappa shape index (κ1) is 10.0. The Labute approximate surface area is 76.7 Å². The Morgan fingerprint density at radius 2 is 1.42 bits per heavy atom. The molecule has 1 fully saturated rings. The summed E-state index contributed by atoms with van der Waals surface area (Å²) in [5, 5.41) is 0. The summed E-state index contributed by atoms with van der Waals surface area (Å²) in [6.45, 7) is 12.0. The molecule has 0 radical (unpaired) electrons. The minimum atomic E-state index is 0.362. The van der Waals surface area contributed by atoms with Gasteiger partial charge >= 0.3 is 0 Å². The normalized spacial score (nSPS) is 25.8. The van der Waals surface area contributed by atoms with E-state index in [4.69, 9.17) is 0 Å². The van der Waals surface area contributed by atoms with E-state index in [0.29, 0.717) is 5.54 Å². The van der Waals surface area contributed by atoms with Gasteiger partial charge in [0.15, 0.2) is 0 Å². The Morgan fingerprint density at radius 3 is 1.75 bits per heavy atom. The van der Waals surface area contributed by atoms with Crippen LogP contribution < -0.4 is 0 Å². The van der Waals surface area contributed by atoms with Crippen LogP contribution in [0.25, 0.3) is 0 Å². The molecular weight excluding hydrogens is 148 g/mol. The van der Waals surface area contributed by atoms with Crippen molar-refractivity contribution < 1.29 is 4.48 Å². The zero-order valence-corrected chi connectivity index (χ0v) is 9.22. The molecule has 12 heavy (non-hydrogen) atoms. The average molecular weight is 171 g/mol. The van der Waals surface area contributed by atoms with Crippen LogP contribution in [0, 0.1) is 0 Å². The van der Waals surface area contributed by atoms with Crippen molar-refractivity contribution in [3.05, 3.63) is 0 Å². The Kier molecular flexibility index (Phi) is 2.50. The first-order valence-electron chi connectivity index (χ1n) is 4.88. The fraction of sp³-hybridized carbons (Fsp3) is 1.00. The highest BCUT2D eigenvalue weighted by atomic mass is 15.4. The van der Waals surface area contributed by atoms with Gasteiger partial charge in [0.05, 0.1) is 27.2 Å². The van der Waals surface area contributed by atoms with Crippen molar-refractivity contribution in [2.24, 2.45) is 0 Å². The van der Waals surface area contributed by atoms with Gasteiger partial charge in [-0.15, -0.1) is 0 Å². The van der Waals surface area contributed by atoms with Gasteiger partial charge < -0.3 is 4.48 Å². The monoisotopic (exact) mass is 171 g/mol. The van der Waals surface area contributed by atoms with Crippen LogP contribution in [-0.4, -0.2) is 55.2 Å². The van der Waals surface area contributed by atoms with Crippen molar-refractivity contribution in [2.75, 3.05) is 40.3 Å². The lowest BCUT2D eigenvalue weighted by atomic mass is 10.0. The molecule has 0 saturated carbocycles. The standard InChI is InChI=1S/C10H23N2/c1-10(2,3)11-6-8-12(4,5)9-7-11/h6-9H2,1-5H3/q+1. The van der Waals surface area contributed by atoms with E-state index in [1.807, 2.05) is 0 Å². The van der Waals surface area contributed by atoms with Gasteiger partial charge in [0, 0.05) is 18.6 Å². The van der Waals surface area contributed by atoms with E-state index < -0.39 is 0 Å². The summed E-state index contributed by atoms with van der Waals surface area (Å²) in [5.41, 5.74) is 0.362. The van der Waals surface area contributed by atoms with E-state index in [1.165, 1.54) is 30.7 Å². The molecule has 1 aliphatic rings.